The molecule has 0 saturated carbocycles. The second-order valence-electron chi connectivity index (χ2n) is 7.70. The van der Waals surface area contributed by atoms with E-state index in [1.54, 1.807) is 23.1 Å². The molecule has 2 aliphatic rings. The van der Waals surface area contributed by atoms with Crippen LogP contribution in [0, 0.1) is 0 Å². The van der Waals surface area contributed by atoms with Gasteiger partial charge in [0.15, 0.2) is 21.3 Å². The molecular weight excluding hydrogens is 422 g/mol. The zero-order chi connectivity index (χ0) is 21.6. The molecule has 0 unspecified atom stereocenters. The third kappa shape index (κ3) is 3.58. The van der Waals surface area contributed by atoms with E-state index in [0.29, 0.717) is 54.8 Å². The number of amides is 1. The predicted molar refractivity (Wildman–Crippen MR) is 109 cm³/mol. The molecule has 1 saturated heterocycles. The normalized spacial score (nSPS) is 18.9. The van der Waals surface area contributed by atoms with Gasteiger partial charge in [-0.2, -0.15) is 14.6 Å². The fourth-order valence-electron chi connectivity index (χ4n) is 4.18. The van der Waals surface area contributed by atoms with Gasteiger partial charge in [0, 0.05) is 30.8 Å². The van der Waals surface area contributed by atoms with Crippen molar-refractivity contribution in [2.24, 2.45) is 0 Å². The minimum absolute atomic E-state index is 0.115. The quantitative estimate of drug-likeness (QED) is 0.595. The van der Waals surface area contributed by atoms with Crippen LogP contribution in [0.25, 0.3) is 5.78 Å². The van der Waals surface area contributed by atoms with E-state index in [1.807, 2.05) is 0 Å². The van der Waals surface area contributed by atoms with Gasteiger partial charge < -0.3 is 14.4 Å². The summed E-state index contributed by atoms with van der Waals surface area (Å²) in [7, 11) is -3.54. The Hall–Kier alpha value is -3.21. The van der Waals surface area contributed by atoms with Gasteiger partial charge in [-0.15, -0.1) is 0 Å². The number of aromatic nitrogens is 4. The first-order valence-corrected chi connectivity index (χ1v) is 11.9. The van der Waals surface area contributed by atoms with Crippen LogP contribution in [0.3, 0.4) is 0 Å². The Balaban J connectivity index is 1.48. The summed E-state index contributed by atoms with van der Waals surface area (Å²) >= 11 is 0. The van der Waals surface area contributed by atoms with Crippen molar-refractivity contribution in [1.82, 2.24) is 24.5 Å². The second-order valence-corrected chi connectivity index (χ2v) is 9.68. The van der Waals surface area contributed by atoms with Crippen molar-refractivity contribution in [3.05, 3.63) is 42.0 Å². The molecule has 31 heavy (non-hydrogen) atoms. The van der Waals surface area contributed by atoms with Crippen molar-refractivity contribution >= 4 is 21.5 Å². The summed E-state index contributed by atoms with van der Waals surface area (Å²) in [5.41, 5.74) is 1.03. The van der Waals surface area contributed by atoms with Crippen LogP contribution < -0.4 is 9.47 Å². The van der Waals surface area contributed by atoms with Gasteiger partial charge in [-0.25, -0.2) is 13.4 Å². The van der Waals surface area contributed by atoms with Crippen molar-refractivity contribution in [3.63, 3.8) is 0 Å². The van der Waals surface area contributed by atoms with Crippen molar-refractivity contribution in [3.8, 4) is 11.5 Å². The van der Waals surface area contributed by atoms with E-state index in [4.69, 9.17) is 9.47 Å². The van der Waals surface area contributed by atoms with Crippen LogP contribution in [-0.4, -0.2) is 71.4 Å². The first kappa shape index (κ1) is 19.7. The molecule has 0 radical (unpaired) electrons. The average Bonchev–Trinajstić information content (AvgIpc) is 3.26. The van der Waals surface area contributed by atoms with Gasteiger partial charge in [0.1, 0.15) is 24.4 Å². The largest absolute Gasteiger partial charge is 0.486 e. The molecule has 11 heteroatoms. The Bertz CT molecular complexity index is 1270. The molecule has 1 amide bonds. The Morgan fingerprint density at radius 3 is 2.77 bits per heavy atom. The molecular formula is C20H21N5O5S. The lowest BCUT2D eigenvalue weighted by Crippen LogP contribution is -2.40. The molecule has 2 aliphatic heterocycles. The predicted octanol–water partition coefficient (Wildman–Crippen LogP) is 1.32. The minimum Gasteiger partial charge on any atom is -0.486 e. The van der Waals surface area contributed by atoms with Crippen LogP contribution in [-0.2, 0) is 9.84 Å². The average molecular weight is 443 g/mol. The maximum atomic E-state index is 13.2. The highest BCUT2D eigenvalue weighted by molar-refractivity contribution is 7.90. The standard InChI is InChI=1S/C20H21N5O5S/c1-31(27,28)17-10-21-20-22-12-23-25(20)18(17)14-3-2-6-24(11-14)19(26)13-4-5-15-16(9-13)30-8-7-29-15/h4-5,9-10,12,14H,2-3,6-8,11H2,1H3/t14-/m1/s1. The zero-order valence-electron chi connectivity index (χ0n) is 16.9. The number of sulfone groups is 1. The molecule has 4 heterocycles. The number of hydrogen-bond acceptors (Lipinski definition) is 8. The number of carbonyl (C=O) groups is 1. The highest BCUT2D eigenvalue weighted by atomic mass is 32.2. The van der Waals surface area contributed by atoms with Crippen molar-refractivity contribution < 1.29 is 22.7 Å². The molecule has 3 aromatic rings. The maximum Gasteiger partial charge on any atom is 0.254 e. The van der Waals surface area contributed by atoms with Gasteiger partial charge >= 0.3 is 0 Å². The molecule has 5 rings (SSSR count). The fourth-order valence-corrected chi connectivity index (χ4v) is 5.06. The number of likely N-dealkylation sites (tertiary alicyclic amines) is 1. The van der Waals surface area contributed by atoms with E-state index in [-0.39, 0.29) is 16.7 Å². The van der Waals surface area contributed by atoms with Crippen LogP contribution >= 0.6 is 0 Å². The van der Waals surface area contributed by atoms with Crippen LogP contribution in [0.1, 0.15) is 34.8 Å². The molecule has 1 fully saturated rings. The number of benzene rings is 1. The van der Waals surface area contributed by atoms with Crippen LogP contribution in [0.2, 0.25) is 0 Å². The molecule has 0 aliphatic carbocycles. The lowest BCUT2D eigenvalue weighted by Gasteiger charge is -2.33. The molecule has 2 aromatic heterocycles. The summed E-state index contributed by atoms with van der Waals surface area (Å²) < 4.78 is 37.5. The van der Waals surface area contributed by atoms with E-state index < -0.39 is 9.84 Å². The first-order chi connectivity index (χ1) is 14.9. The zero-order valence-corrected chi connectivity index (χ0v) is 17.7. The summed E-state index contributed by atoms with van der Waals surface area (Å²) in [6, 6.07) is 5.17. The highest BCUT2D eigenvalue weighted by Gasteiger charge is 2.32. The third-order valence-corrected chi connectivity index (χ3v) is 6.71. The molecule has 162 valence electrons. The van der Waals surface area contributed by atoms with E-state index >= 15 is 0 Å². The Kier molecular flexibility index (Phi) is 4.77. The maximum absolute atomic E-state index is 13.2. The van der Waals surface area contributed by atoms with E-state index in [2.05, 4.69) is 15.1 Å². The monoisotopic (exact) mass is 443 g/mol. The van der Waals surface area contributed by atoms with Gasteiger partial charge in [-0.1, -0.05) is 0 Å². The van der Waals surface area contributed by atoms with E-state index in [0.717, 1.165) is 19.1 Å². The number of piperidine rings is 1. The van der Waals surface area contributed by atoms with Crippen molar-refractivity contribution in [1.29, 1.82) is 0 Å². The fraction of sp³-hybridized carbons (Fsp3) is 0.400. The van der Waals surface area contributed by atoms with Gasteiger partial charge in [-0.05, 0) is 31.0 Å². The number of hydrogen-bond donors (Lipinski definition) is 0. The summed E-state index contributed by atoms with van der Waals surface area (Å²) in [6.45, 7) is 1.89. The Labute approximate surface area is 178 Å². The molecule has 1 aromatic carbocycles. The molecule has 0 bridgehead atoms. The minimum atomic E-state index is -3.54. The van der Waals surface area contributed by atoms with E-state index in [1.165, 1.54) is 17.0 Å². The molecule has 0 spiro atoms. The lowest BCUT2D eigenvalue weighted by molar-refractivity contribution is 0.0703. The topological polar surface area (TPSA) is 116 Å². The van der Waals surface area contributed by atoms with Gasteiger partial charge in [0.25, 0.3) is 11.7 Å². The third-order valence-electron chi connectivity index (χ3n) is 5.59. The van der Waals surface area contributed by atoms with Crippen LogP contribution in [0.15, 0.2) is 35.6 Å². The van der Waals surface area contributed by atoms with Crippen molar-refractivity contribution in [2.75, 3.05) is 32.6 Å². The number of rotatable bonds is 3. The van der Waals surface area contributed by atoms with Crippen LogP contribution in [0.5, 0.6) is 11.5 Å². The number of fused-ring (bicyclic) bond motifs is 2. The summed E-state index contributed by atoms with van der Waals surface area (Å²) in [5.74, 6) is 1.17. The molecule has 0 N–H and O–H groups in total. The van der Waals surface area contributed by atoms with Gasteiger partial charge in [0.05, 0.1) is 11.9 Å². The van der Waals surface area contributed by atoms with Gasteiger partial charge in [-0.3, -0.25) is 4.79 Å². The lowest BCUT2D eigenvalue weighted by atomic mass is 9.94. The van der Waals surface area contributed by atoms with Gasteiger partial charge in [0.2, 0.25) is 0 Å². The summed E-state index contributed by atoms with van der Waals surface area (Å²) in [6.07, 6.45) is 5.29. The number of ether oxygens (including phenoxy) is 2. The number of carbonyl (C=O) groups excluding carboxylic acids is 1. The first-order valence-electron chi connectivity index (χ1n) is 9.99. The number of nitrogens with zero attached hydrogens (tertiary/aromatic N) is 5. The Morgan fingerprint density at radius 2 is 1.97 bits per heavy atom. The highest BCUT2D eigenvalue weighted by Crippen LogP contribution is 2.34. The molecule has 10 nitrogen and oxygen atoms in total. The van der Waals surface area contributed by atoms with Crippen LogP contribution in [0.4, 0.5) is 0 Å². The SMILES string of the molecule is CS(=O)(=O)c1cnc2ncnn2c1[C@@H]1CCCN(C(=O)c2ccc3c(c2)OCCO3)C1. The van der Waals surface area contributed by atoms with E-state index in [9.17, 15) is 13.2 Å². The summed E-state index contributed by atoms with van der Waals surface area (Å²) in [5, 5.41) is 4.19. The molecule has 1 atom stereocenters. The smallest absolute Gasteiger partial charge is 0.254 e. The Morgan fingerprint density at radius 1 is 1.16 bits per heavy atom. The second kappa shape index (κ2) is 7.49. The van der Waals surface area contributed by atoms with Crippen molar-refractivity contribution in [2.45, 2.75) is 23.7 Å². The summed E-state index contributed by atoms with van der Waals surface area (Å²) in [4.78, 5) is 23.3.